The minimum atomic E-state index is -0.600. The number of aromatic nitrogens is 1. The SMILES string of the molecule is Nc1ncc(CN2CCCC(O)c3cc(F)ccc32)s1. The van der Waals surface area contributed by atoms with Crippen molar-refractivity contribution in [1.82, 2.24) is 4.98 Å². The lowest BCUT2D eigenvalue weighted by Gasteiger charge is -2.24. The molecule has 0 aliphatic carbocycles. The number of anilines is 2. The molecule has 1 aromatic carbocycles. The van der Waals surface area contributed by atoms with Crippen LogP contribution in [-0.4, -0.2) is 16.6 Å². The van der Waals surface area contributed by atoms with Crippen molar-refractivity contribution in [1.29, 1.82) is 0 Å². The zero-order valence-corrected chi connectivity index (χ0v) is 11.7. The number of nitrogen functional groups attached to an aromatic ring is 1. The van der Waals surface area contributed by atoms with E-state index in [9.17, 15) is 9.50 Å². The molecular weight excluding hydrogens is 277 g/mol. The molecule has 4 nitrogen and oxygen atoms in total. The van der Waals surface area contributed by atoms with E-state index < -0.39 is 6.10 Å². The number of rotatable bonds is 2. The van der Waals surface area contributed by atoms with Gasteiger partial charge in [0.15, 0.2) is 5.13 Å². The number of aliphatic hydroxyl groups excluding tert-OH is 1. The monoisotopic (exact) mass is 293 g/mol. The molecule has 0 amide bonds. The van der Waals surface area contributed by atoms with E-state index in [1.165, 1.54) is 23.5 Å². The lowest BCUT2D eigenvalue weighted by atomic mass is 10.0. The maximum Gasteiger partial charge on any atom is 0.180 e. The molecule has 1 aliphatic heterocycles. The van der Waals surface area contributed by atoms with Gasteiger partial charge in [-0.3, -0.25) is 0 Å². The molecule has 2 aromatic rings. The molecule has 0 bridgehead atoms. The number of aliphatic hydroxyl groups is 1. The van der Waals surface area contributed by atoms with E-state index in [-0.39, 0.29) is 5.82 Å². The van der Waals surface area contributed by atoms with Crippen LogP contribution in [0.1, 0.15) is 29.4 Å². The summed E-state index contributed by atoms with van der Waals surface area (Å²) >= 11 is 1.46. The van der Waals surface area contributed by atoms with Crippen LogP contribution in [0.2, 0.25) is 0 Å². The summed E-state index contributed by atoms with van der Waals surface area (Å²) in [6.07, 6.45) is 2.69. The Morgan fingerprint density at radius 1 is 1.50 bits per heavy atom. The molecule has 0 saturated carbocycles. The smallest absolute Gasteiger partial charge is 0.180 e. The second-order valence-corrected chi connectivity index (χ2v) is 6.09. The molecule has 1 atom stereocenters. The van der Waals surface area contributed by atoms with E-state index >= 15 is 0 Å². The quantitative estimate of drug-likeness (QED) is 0.893. The van der Waals surface area contributed by atoms with Crippen LogP contribution < -0.4 is 10.6 Å². The number of benzene rings is 1. The number of hydrogen-bond acceptors (Lipinski definition) is 5. The Balaban J connectivity index is 1.93. The molecule has 0 radical (unpaired) electrons. The Hall–Kier alpha value is -1.66. The molecule has 0 spiro atoms. The maximum absolute atomic E-state index is 13.4. The zero-order chi connectivity index (χ0) is 14.1. The molecule has 0 fully saturated rings. The largest absolute Gasteiger partial charge is 0.388 e. The first-order valence-electron chi connectivity index (χ1n) is 6.56. The van der Waals surface area contributed by atoms with Crippen molar-refractivity contribution >= 4 is 22.2 Å². The van der Waals surface area contributed by atoms with Crippen molar-refractivity contribution in [2.24, 2.45) is 0 Å². The van der Waals surface area contributed by atoms with Crippen molar-refractivity contribution in [3.05, 3.63) is 40.7 Å². The summed E-state index contributed by atoms with van der Waals surface area (Å²) in [5.74, 6) is -0.313. The third kappa shape index (κ3) is 2.62. The topological polar surface area (TPSA) is 62.4 Å². The number of nitrogens with zero attached hydrogens (tertiary/aromatic N) is 2. The predicted octanol–water partition coefficient (Wildman–Crippen LogP) is 2.70. The minimum absolute atomic E-state index is 0.313. The van der Waals surface area contributed by atoms with Crippen LogP contribution >= 0.6 is 11.3 Å². The molecule has 1 unspecified atom stereocenters. The van der Waals surface area contributed by atoms with Gasteiger partial charge in [-0.2, -0.15) is 0 Å². The second-order valence-electron chi connectivity index (χ2n) is 4.95. The fourth-order valence-corrected chi connectivity index (χ4v) is 3.28. The van der Waals surface area contributed by atoms with Crippen LogP contribution in [0.5, 0.6) is 0 Å². The first-order chi connectivity index (χ1) is 9.63. The highest BCUT2D eigenvalue weighted by atomic mass is 32.1. The van der Waals surface area contributed by atoms with Crippen LogP contribution in [-0.2, 0) is 6.54 Å². The van der Waals surface area contributed by atoms with Gasteiger partial charge >= 0.3 is 0 Å². The van der Waals surface area contributed by atoms with E-state index in [1.807, 2.05) is 0 Å². The van der Waals surface area contributed by atoms with Gasteiger partial charge < -0.3 is 15.7 Å². The summed E-state index contributed by atoms with van der Waals surface area (Å²) in [4.78, 5) is 7.27. The van der Waals surface area contributed by atoms with Gasteiger partial charge in [-0.05, 0) is 31.0 Å². The fourth-order valence-electron chi connectivity index (χ4n) is 2.58. The molecular formula is C14H16FN3OS. The summed E-state index contributed by atoms with van der Waals surface area (Å²) in [5.41, 5.74) is 7.21. The van der Waals surface area contributed by atoms with Crippen molar-refractivity contribution in [3.63, 3.8) is 0 Å². The summed E-state index contributed by atoms with van der Waals surface area (Å²) < 4.78 is 13.4. The Morgan fingerprint density at radius 3 is 3.10 bits per heavy atom. The fraction of sp³-hybridized carbons (Fsp3) is 0.357. The van der Waals surface area contributed by atoms with Crippen LogP contribution in [0.3, 0.4) is 0 Å². The van der Waals surface area contributed by atoms with E-state index in [0.29, 0.717) is 23.7 Å². The summed E-state index contributed by atoms with van der Waals surface area (Å²) in [5, 5.41) is 10.7. The van der Waals surface area contributed by atoms with Crippen molar-refractivity contribution in [3.8, 4) is 0 Å². The third-order valence-electron chi connectivity index (χ3n) is 3.51. The number of nitrogens with two attached hydrogens (primary N) is 1. The normalized spacial score (nSPS) is 18.7. The molecule has 106 valence electrons. The minimum Gasteiger partial charge on any atom is -0.388 e. The molecule has 1 aliphatic rings. The molecule has 0 saturated heterocycles. The Labute approximate surface area is 120 Å². The molecule has 3 N–H and O–H groups in total. The van der Waals surface area contributed by atoms with Gasteiger partial charge in [0, 0.05) is 28.9 Å². The van der Waals surface area contributed by atoms with E-state index in [1.54, 1.807) is 12.3 Å². The van der Waals surface area contributed by atoms with Gasteiger partial charge in [-0.1, -0.05) is 0 Å². The average Bonchev–Trinajstić information content (AvgIpc) is 2.76. The van der Waals surface area contributed by atoms with Crippen LogP contribution in [0.15, 0.2) is 24.4 Å². The van der Waals surface area contributed by atoms with Gasteiger partial charge in [0.1, 0.15) is 5.82 Å². The number of thiazole rings is 1. The third-order valence-corrected chi connectivity index (χ3v) is 4.32. The van der Waals surface area contributed by atoms with E-state index in [0.717, 1.165) is 23.5 Å². The first-order valence-corrected chi connectivity index (χ1v) is 7.38. The number of halogens is 1. The van der Waals surface area contributed by atoms with Gasteiger partial charge in [0.2, 0.25) is 0 Å². The lowest BCUT2D eigenvalue weighted by Crippen LogP contribution is -2.23. The average molecular weight is 293 g/mol. The molecule has 3 rings (SSSR count). The highest BCUT2D eigenvalue weighted by Gasteiger charge is 2.22. The Kier molecular flexibility index (Phi) is 3.58. The van der Waals surface area contributed by atoms with E-state index in [2.05, 4.69) is 9.88 Å². The highest BCUT2D eigenvalue weighted by molar-refractivity contribution is 7.15. The Bertz CT molecular complexity index is 616. The summed E-state index contributed by atoms with van der Waals surface area (Å²) in [6.45, 7) is 1.51. The maximum atomic E-state index is 13.4. The van der Waals surface area contributed by atoms with Gasteiger partial charge in [-0.25, -0.2) is 9.37 Å². The summed E-state index contributed by atoms with van der Waals surface area (Å²) in [7, 11) is 0. The first kappa shape index (κ1) is 13.3. The number of hydrogen-bond donors (Lipinski definition) is 2. The standard InChI is InChI=1S/C14H16FN3OS/c15-9-3-4-12-11(6-9)13(19)2-1-5-18(12)8-10-7-17-14(16)20-10/h3-4,6-7,13,19H,1-2,5,8H2,(H2,16,17). The van der Waals surface area contributed by atoms with Crippen molar-refractivity contribution in [2.75, 3.05) is 17.2 Å². The zero-order valence-electron chi connectivity index (χ0n) is 10.9. The second kappa shape index (κ2) is 5.38. The number of fused-ring (bicyclic) bond motifs is 1. The highest BCUT2D eigenvalue weighted by Crippen LogP contribution is 2.34. The summed E-state index contributed by atoms with van der Waals surface area (Å²) in [6, 6.07) is 4.61. The molecule has 6 heteroatoms. The molecule has 20 heavy (non-hydrogen) atoms. The van der Waals surface area contributed by atoms with Gasteiger partial charge in [0.25, 0.3) is 0 Å². The van der Waals surface area contributed by atoms with Crippen LogP contribution in [0.25, 0.3) is 0 Å². The van der Waals surface area contributed by atoms with E-state index in [4.69, 9.17) is 5.73 Å². The Morgan fingerprint density at radius 2 is 2.35 bits per heavy atom. The van der Waals surface area contributed by atoms with Crippen LogP contribution in [0.4, 0.5) is 15.2 Å². The van der Waals surface area contributed by atoms with Crippen LogP contribution in [0, 0.1) is 5.82 Å². The van der Waals surface area contributed by atoms with Gasteiger partial charge in [0.05, 0.1) is 12.6 Å². The lowest BCUT2D eigenvalue weighted by molar-refractivity contribution is 0.168. The van der Waals surface area contributed by atoms with Gasteiger partial charge in [-0.15, -0.1) is 11.3 Å². The predicted molar refractivity (Wildman–Crippen MR) is 78.2 cm³/mol. The van der Waals surface area contributed by atoms with Crippen molar-refractivity contribution in [2.45, 2.75) is 25.5 Å². The van der Waals surface area contributed by atoms with Crippen molar-refractivity contribution < 1.29 is 9.50 Å². The molecule has 2 heterocycles. The molecule has 1 aromatic heterocycles.